The molecule has 0 N–H and O–H groups in total. The highest BCUT2D eigenvalue weighted by Gasteiger charge is 2.20. The number of aromatic nitrogens is 2. The van der Waals surface area contributed by atoms with Gasteiger partial charge >= 0.3 is 0 Å². The number of nitrogens with zero attached hydrogens (tertiary/aromatic N) is 3. The number of carbonyl (C=O) groups excluding carboxylic acids is 1. The lowest BCUT2D eigenvalue weighted by Gasteiger charge is -2.11. The minimum absolute atomic E-state index is 0.0172. The first-order chi connectivity index (χ1) is 10.8. The lowest BCUT2D eigenvalue weighted by Crippen LogP contribution is -2.21. The smallest absolute Gasteiger partial charge is 0.253 e. The third kappa shape index (κ3) is 4.82. The lowest BCUT2D eigenvalue weighted by atomic mass is 9.96. The van der Waals surface area contributed by atoms with E-state index in [2.05, 4.69) is 30.9 Å². The van der Waals surface area contributed by atoms with Crippen molar-refractivity contribution in [1.29, 1.82) is 0 Å². The van der Waals surface area contributed by atoms with Gasteiger partial charge in [-0.2, -0.15) is 4.98 Å². The molecule has 0 spiro atoms. The normalized spacial score (nSPS) is 11.5. The molecule has 1 heterocycles. The van der Waals surface area contributed by atoms with Crippen molar-refractivity contribution in [2.24, 2.45) is 0 Å². The fourth-order valence-corrected chi connectivity index (χ4v) is 2.74. The fourth-order valence-electron chi connectivity index (χ4n) is 1.93. The van der Waals surface area contributed by atoms with Crippen LogP contribution in [-0.4, -0.2) is 35.0 Å². The van der Waals surface area contributed by atoms with E-state index in [1.165, 1.54) is 0 Å². The van der Waals surface area contributed by atoms with Crippen LogP contribution >= 0.6 is 11.8 Å². The van der Waals surface area contributed by atoms with Gasteiger partial charge in [0.1, 0.15) is 0 Å². The molecule has 0 saturated carbocycles. The zero-order valence-electron chi connectivity index (χ0n) is 14.3. The number of amides is 1. The third-order valence-corrected chi connectivity index (χ3v) is 4.20. The molecular weight excluding hydrogens is 310 g/mol. The summed E-state index contributed by atoms with van der Waals surface area (Å²) in [5.74, 6) is 2.84. The van der Waals surface area contributed by atoms with Crippen LogP contribution in [0.5, 0.6) is 0 Å². The Bertz CT molecular complexity index is 674. The first kappa shape index (κ1) is 17.5. The largest absolute Gasteiger partial charge is 0.345 e. The van der Waals surface area contributed by atoms with Crippen LogP contribution in [0.1, 0.15) is 48.4 Å². The number of benzene rings is 1. The van der Waals surface area contributed by atoms with Gasteiger partial charge in [-0.25, -0.2) is 0 Å². The van der Waals surface area contributed by atoms with E-state index in [1.807, 2.05) is 24.3 Å². The molecule has 0 saturated heterocycles. The van der Waals surface area contributed by atoms with E-state index in [9.17, 15) is 4.79 Å². The number of carbonyl (C=O) groups is 1. The van der Waals surface area contributed by atoms with Gasteiger partial charge in [0.05, 0.1) is 5.75 Å². The van der Waals surface area contributed by atoms with Crippen molar-refractivity contribution < 1.29 is 9.32 Å². The summed E-state index contributed by atoms with van der Waals surface area (Å²) in [6.45, 7) is 6.17. The molecule has 0 aliphatic heterocycles. The molecule has 0 unspecified atom stereocenters. The predicted molar refractivity (Wildman–Crippen MR) is 92.5 cm³/mol. The molecule has 0 atom stereocenters. The van der Waals surface area contributed by atoms with Gasteiger partial charge in [0.2, 0.25) is 5.89 Å². The second-order valence-corrected chi connectivity index (χ2v) is 7.64. The molecule has 0 radical (unpaired) electrons. The highest BCUT2D eigenvalue weighted by molar-refractivity contribution is 7.97. The van der Waals surface area contributed by atoms with Crippen molar-refractivity contribution in [3.63, 3.8) is 0 Å². The summed E-state index contributed by atoms with van der Waals surface area (Å²) in [6.07, 6.45) is 0. The Kier molecular flexibility index (Phi) is 5.46. The van der Waals surface area contributed by atoms with Crippen LogP contribution in [0.2, 0.25) is 0 Å². The maximum Gasteiger partial charge on any atom is 0.253 e. The molecule has 0 aliphatic carbocycles. The molecule has 6 heteroatoms. The molecule has 1 aromatic carbocycles. The Morgan fingerprint density at radius 2 is 2.00 bits per heavy atom. The summed E-state index contributed by atoms with van der Waals surface area (Å²) in [4.78, 5) is 18.0. The van der Waals surface area contributed by atoms with Crippen molar-refractivity contribution in [1.82, 2.24) is 15.0 Å². The van der Waals surface area contributed by atoms with E-state index in [-0.39, 0.29) is 11.3 Å². The Hall–Kier alpha value is -1.82. The summed E-state index contributed by atoms with van der Waals surface area (Å²) < 4.78 is 5.28. The molecule has 0 bridgehead atoms. The molecule has 0 aliphatic rings. The van der Waals surface area contributed by atoms with Gasteiger partial charge in [0, 0.05) is 30.8 Å². The Balaban J connectivity index is 1.93. The van der Waals surface area contributed by atoms with Crippen molar-refractivity contribution in [3.8, 4) is 0 Å². The van der Waals surface area contributed by atoms with Crippen LogP contribution in [0.25, 0.3) is 0 Å². The predicted octanol–water partition coefficient (Wildman–Crippen LogP) is 3.50. The van der Waals surface area contributed by atoms with Crippen molar-refractivity contribution in [3.05, 3.63) is 47.1 Å². The molecule has 23 heavy (non-hydrogen) atoms. The summed E-state index contributed by atoms with van der Waals surface area (Å²) in [6, 6.07) is 7.71. The molecule has 1 aromatic heterocycles. The van der Waals surface area contributed by atoms with Crippen molar-refractivity contribution in [2.75, 3.05) is 14.1 Å². The van der Waals surface area contributed by atoms with E-state index in [0.717, 1.165) is 17.1 Å². The van der Waals surface area contributed by atoms with Crippen molar-refractivity contribution >= 4 is 17.7 Å². The Morgan fingerprint density at radius 3 is 2.61 bits per heavy atom. The zero-order valence-corrected chi connectivity index (χ0v) is 15.1. The quantitative estimate of drug-likeness (QED) is 0.838. The highest BCUT2D eigenvalue weighted by Crippen LogP contribution is 2.22. The minimum atomic E-state index is -0.104. The molecule has 124 valence electrons. The minimum Gasteiger partial charge on any atom is -0.345 e. The first-order valence-corrected chi connectivity index (χ1v) is 8.64. The second-order valence-electron chi connectivity index (χ2n) is 6.65. The Labute approximate surface area is 141 Å². The van der Waals surface area contributed by atoms with Crippen LogP contribution < -0.4 is 0 Å². The molecule has 5 nitrogen and oxygen atoms in total. The summed E-state index contributed by atoms with van der Waals surface area (Å²) in [5, 5.41) is 4.02. The first-order valence-electron chi connectivity index (χ1n) is 7.49. The van der Waals surface area contributed by atoms with Crippen LogP contribution in [-0.2, 0) is 16.9 Å². The lowest BCUT2D eigenvalue weighted by molar-refractivity contribution is 0.0827. The van der Waals surface area contributed by atoms with Crippen LogP contribution in [0, 0.1) is 0 Å². The summed E-state index contributed by atoms with van der Waals surface area (Å²) in [7, 11) is 3.51. The molecule has 2 aromatic rings. The van der Waals surface area contributed by atoms with Crippen LogP contribution in [0.15, 0.2) is 28.8 Å². The average molecular weight is 333 g/mol. The van der Waals surface area contributed by atoms with Gasteiger partial charge in [-0.1, -0.05) is 38.1 Å². The topological polar surface area (TPSA) is 59.2 Å². The second kappa shape index (κ2) is 7.17. The molecule has 1 amide bonds. The molecule has 0 fully saturated rings. The maximum atomic E-state index is 12.0. The summed E-state index contributed by atoms with van der Waals surface area (Å²) in [5.41, 5.74) is 1.71. The Morgan fingerprint density at radius 1 is 1.26 bits per heavy atom. The van der Waals surface area contributed by atoms with E-state index < -0.39 is 0 Å². The van der Waals surface area contributed by atoms with E-state index >= 15 is 0 Å². The number of thioether (sulfide) groups is 1. The SMILES string of the molecule is CN(C)C(=O)c1cccc(CSCc2nc(C(C)(C)C)no2)c1. The standard InChI is InChI=1S/C17H23N3O2S/c1-17(2,3)16-18-14(22-19-16)11-23-10-12-7-6-8-13(9-12)15(21)20(4)5/h6-9H,10-11H2,1-5H3. The van der Waals surface area contributed by atoms with Gasteiger partial charge in [-0.15, -0.1) is 11.8 Å². The fraction of sp³-hybridized carbons (Fsp3) is 0.471. The summed E-state index contributed by atoms with van der Waals surface area (Å²) >= 11 is 1.69. The monoisotopic (exact) mass is 333 g/mol. The molecule has 2 rings (SSSR count). The van der Waals surface area contributed by atoms with E-state index in [4.69, 9.17) is 4.52 Å². The molecular formula is C17H23N3O2S. The van der Waals surface area contributed by atoms with Crippen LogP contribution in [0.4, 0.5) is 0 Å². The average Bonchev–Trinajstić information content (AvgIpc) is 2.96. The van der Waals surface area contributed by atoms with Gasteiger partial charge in [0.15, 0.2) is 5.82 Å². The third-order valence-electron chi connectivity index (χ3n) is 3.21. The number of rotatable bonds is 5. The van der Waals surface area contributed by atoms with E-state index in [0.29, 0.717) is 17.2 Å². The highest BCUT2D eigenvalue weighted by atomic mass is 32.2. The van der Waals surface area contributed by atoms with Gasteiger partial charge in [-0.05, 0) is 17.7 Å². The number of hydrogen-bond acceptors (Lipinski definition) is 5. The number of hydrogen-bond donors (Lipinski definition) is 0. The maximum absolute atomic E-state index is 12.0. The van der Waals surface area contributed by atoms with Gasteiger partial charge < -0.3 is 9.42 Å². The van der Waals surface area contributed by atoms with Crippen molar-refractivity contribution in [2.45, 2.75) is 37.7 Å². The van der Waals surface area contributed by atoms with Crippen LogP contribution in [0.3, 0.4) is 0 Å². The van der Waals surface area contributed by atoms with Gasteiger partial charge in [0.25, 0.3) is 5.91 Å². The van der Waals surface area contributed by atoms with E-state index in [1.54, 1.807) is 30.8 Å². The van der Waals surface area contributed by atoms with Gasteiger partial charge in [-0.3, -0.25) is 4.79 Å². The zero-order chi connectivity index (χ0) is 17.0.